The van der Waals surface area contributed by atoms with Crippen LogP contribution in [0.2, 0.25) is 0 Å². The lowest BCUT2D eigenvalue weighted by molar-refractivity contribution is -0.128. The molecule has 1 atom stereocenters. The third-order valence-electron chi connectivity index (χ3n) is 4.84. The van der Waals surface area contributed by atoms with Gasteiger partial charge in [-0.05, 0) is 35.2 Å². The lowest BCUT2D eigenvalue weighted by atomic mass is 9.86. The molecule has 1 aromatic carbocycles. The van der Waals surface area contributed by atoms with E-state index >= 15 is 0 Å². The molecular weight excluding hydrogens is 344 g/mol. The number of nitrogens with zero attached hydrogens (tertiary/aromatic N) is 1. The number of carbonyl (C=O) groups excluding carboxylic acids is 2. The molecule has 6 heteroatoms. The van der Waals surface area contributed by atoms with Gasteiger partial charge >= 0.3 is 0 Å². The SMILES string of the molecule is COc1ccc(C(C)(C)C)cc1NC(=O)C1CC(=O)N(Cc2ccco2)C1. The van der Waals surface area contributed by atoms with Gasteiger partial charge < -0.3 is 19.4 Å². The van der Waals surface area contributed by atoms with Crippen molar-refractivity contribution in [1.29, 1.82) is 0 Å². The first kappa shape index (κ1) is 19.0. The Bertz CT molecular complexity index is 821. The first-order valence-corrected chi connectivity index (χ1v) is 9.07. The Hall–Kier alpha value is -2.76. The third-order valence-corrected chi connectivity index (χ3v) is 4.84. The Morgan fingerprint density at radius 2 is 2.11 bits per heavy atom. The van der Waals surface area contributed by atoms with Gasteiger partial charge in [0.05, 0.1) is 31.5 Å². The van der Waals surface area contributed by atoms with Gasteiger partial charge in [-0.15, -0.1) is 0 Å². The third kappa shape index (κ3) is 4.32. The molecule has 0 radical (unpaired) electrons. The zero-order valence-electron chi connectivity index (χ0n) is 16.2. The van der Waals surface area contributed by atoms with Crippen molar-refractivity contribution in [2.45, 2.75) is 39.2 Å². The first-order valence-electron chi connectivity index (χ1n) is 9.07. The van der Waals surface area contributed by atoms with Crippen LogP contribution in [-0.2, 0) is 21.5 Å². The lowest BCUT2D eigenvalue weighted by Crippen LogP contribution is -2.28. The molecule has 1 fully saturated rings. The average Bonchev–Trinajstić information content (AvgIpc) is 3.24. The molecule has 0 saturated carbocycles. The number of rotatable bonds is 5. The molecule has 2 heterocycles. The van der Waals surface area contributed by atoms with E-state index in [1.54, 1.807) is 24.3 Å². The minimum atomic E-state index is -0.393. The van der Waals surface area contributed by atoms with E-state index < -0.39 is 5.92 Å². The van der Waals surface area contributed by atoms with Crippen molar-refractivity contribution in [3.63, 3.8) is 0 Å². The van der Waals surface area contributed by atoms with Crippen molar-refractivity contribution in [2.75, 3.05) is 19.0 Å². The van der Waals surface area contributed by atoms with Gasteiger partial charge in [-0.1, -0.05) is 26.8 Å². The van der Waals surface area contributed by atoms with Crippen LogP contribution in [0.25, 0.3) is 0 Å². The van der Waals surface area contributed by atoms with Crippen LogP contribution in [0.1, 0.15) is 38.5 Å². The monoisotopic (exact) mass is 370 g/mol. The number of anilines is 1. The van der Waals surface area contributed by atoms with Gasteiger partial charge in [0.25, 0.3) is 0 Å². The molecule has 0 spiro atoms. The molecule has 0 aliphatic carbocycles. The zero-order chi connectivity index (χ0) is 19.6. The summed E-state index contributed by atoms with van der Waals surface area (Å²) in [5.74, 6) is 0.712. The van der Waals surface area contributed by atoms with E-state index in [0.717, 1.165) is 5.56 Å². The molecule has 1 aliphatic heterocycles. The molecule has 1 unspecified atom stereocenters. The minimum absolute atomic E-state index is 0.0399. The van der Waals surface area contributed by atoms with Gasteiger partial charge in [-0.3, -0.25) is 9.59 Å². The second-order valence-electron chi connectivity index (χ2n) is 7.91. The highest BCUT2D eigenvalue weighted by atomic mass is 16.5. The summed E-state index contributed by atoms with van der Waals surface area (Å²) in [6, 6.07) is 9.41. The number of ether oxygens (including phenoxy) is 1. The van der Waals surface area contributed by atoms with E-state index in [0.29, 0.717) is 30.3 Å². The van der Waals surface area contributed by atoms with Gasteiger partial charge in [-0.2, -0.15) is 0 Å². The summed E-state index contributed by atoms with van der Waals surface area (Å²) in [5, 5.41) is 2.95. The number of nitrogens with one attached hydrogen (secondary N) is 1. The Labute approximate surface area is 159 Å². The van der Waals surface area contributed by atoms with Gasteiger partial charge in [0.15, 0.2) is 0 Å². The predicted molar refractivity (Wildman–Crippen MR) is 103 cm³/mol. The quantitative estimate of drug-likeness (QED) is 0.873. The van der Waals surface area contributed by atoms with Crippen molar-refractivity contribution < 1.29 is 18.7 Å². The molecule has 1 saturated heterocycles. The second kappa shape index (κ2) is 7.47. The summed E-state index contributed by atoms with van der Waals surface area (Å²) in [7, 11) is 1.58. The van der Waals surface area contributed by atoms with Crippen LogP contribution in [0, 0.1) is 5.92 Å². The number of benzene rings is 1. The molecule has 1 N–H and O–H groups in total. The summed E-state index contributed by atoms with van der Waals surface area (Å²) in [6.45, 7) is 7.11. The van der Waals surface area contributed by atoms with E-state index in [1.165, 1.54) is 0 Å². The number of likely N-dealkylation sites (tertiary alicyclic amines) is 1. The Kier molecular flexibility index (Phi) is 5.26. The number of hydrogen-bond donors (Lipinski definition) is 1. The zero-order valence-corrected chi connectivity index (χ0v) is 16.2. The fourth-order valence-corrected chi connectivity index (χ4v) is 3.20. The lowest BCUT2D eigenvalue weighted by Gasteiger charge is -2.22. The number of methoxy groups -OCH3 is 1. The number of amides is 2. The van der Waals surface area contributed by atoms with Crippen molar-refractivity contribution in [1.82, 2.24) is 4.90 Å². The fraction of sp³-hybridized carbons (Fsp3) is 0.429. The predicted octanol–water partition coefficient (Wildman–Crippen LogP) is 3.57. The van der Waals surface area contributed by atoms with Gasteiger partial charge in [-0.25, -0.2) is 0 Å². The summed E-state index contributed by atoms with van der Waals surface area (Å²) >= 11 is 0. The van der Waals surface area contributed by atoms with Gasteiger partial charge in [0.1, 0.15) is 11.5 Å². The molecule has 1 aromatic heterocycles. The van der Waals surface area contributed by atoms with E-state index in [2.05, 4.69) is 26.1 Å². The number of carbonyl (C=O) groups is 2. The molecule has 0 bridgehead atoms. The van der Waals surface area contributed by atoms with Crippen molar-refractivity contribution in [3.8, 4) is 5.75 Å². The van der Waals surface area contributed by atoms with E-state index in [9.17, 15) is 9.59 Å². The van der Waals surface area contributed by atoms with Gasteiger partial charge in [0, 0.05) is 13.0 Å². The van der Waals surface area contributed by atoms with Gasteiger partial charge in [0.2, 0.25) is 11.8 Å². The second-order valence-corrected chi connectivity index (χ2v) is 7.91. The van der Waals surface area contributed by atoms with Crippen molar-refractivity contribution in [3.05, 3.63) is 47.9 Å². The summed E-state index contributed by atoms with van der Waals surface area (Å²) < 4.78 is 10.7. The maximum absolute atomic E-state index is 12.8. The van der Waals surface area contributed by atoms with Crippen LogP contribution in [-0.4, -0.2) is 30.4 Å². The van der Waals surface area contributed by atoms with Crippen molar-refractivity contribution in [2.24, 2.45) is 5.92 Å². The van der Waals surface area contributed by atoms with Crippen LogP contribution in [0.3, 0.4) is 0 Å². The molecule has 2 aromatic rings. The molecule has 6 nitrogen and oxygen atoms in total. The molecule has 2 amide bonds. The molecule has 27 heavy (non-hydrogen) atoms. The van der Waals surface area contributed by atoms with Crippen molar-refractivity contribution >= 4 is 17.5 Å². The summed E-state index contributed by atoms with van der Waals surface area (Å²) in [4.78, 5) is 26.7. The Morgan fingerprint density at radius 1 is 1.33 bits per heavy atom. The van der Waals surface area contributed by atoms with E-state index in [1.807, 2.05) is 24.3 Å². The molecule has 1 aliphatic rings. The first-order chi connectivity index (χ1) is 12.8. The number of hydrogen-bond acceptors (Lipinski definition) is 4. The van der Waals surface area contributed by atoms with Crippen LogP contribution >= 0.6 is 0 Å². The van der Waals surface area contributed by atoms with Crippen LogP contribution < -0.4 is 10.1 Å². The average molecular weight is 370 g/mol. The highest BCUT2D eigenvalue weighted by molar-refractivity contribution is 5.98. The van der Waals surface area contributed by atoms with E-state index in [4.69, 9.17) is 9.15 Å². The standard InChI is InChI=1S/C21H26N2O4/c1-21(2,3)15-7-8-18(26-4)17(11-15)22-20(25)14-10-19(24)23(12-14)13-16-6-5-9-27-16/h5-9,11,14H,10,12-13H2,1-4H3,(H,22,25). The van der Waals surface area contributed by atoms with E-state index in [-0.39, 0.29) is 23.7 Å². The minimum Gasteiger partial charge on any atom is -0.495 e. The smallest absolute Gasteiger partial charge is 0.229 e. The fourth-order valence-electron chi connectivity index (χ4n) is 3.20. The topological polar surface area (TPSA) is 71.8 Å². The maximum Gasteiger partial charge on any atom is 0.229 e. The summed E-state index contributed by atoms with van der Waals surface area (Å²) in [6.07, 6.45) is 1.78. The molecule has 3 rings (SSSR count). The highest BCUT2D eigenvalue weighted by Crippen LogP contribution is 2.32. The largest absolute Gasteiger partial charge is 0.495 e. The van der Waals surface area contributed by atoms with Crippen LogP contribution in [0.4, 0.5) is 5.69 Å². The number of furan rings is 1. The Morgan fingerprint density at radius 3 is 2.74 bits per heavy atom. The maximum atomic E-state index is 12.8. The highest BCUT2D eigenvalue weighted by Gasteiger charge is 2.35. The van der Waals surface area contributed by atoms with Crippen LogP contribution in [0.5, 0.6) is 5.75 Å². The van der Waals surface area contributed by atoms with Crippen LogP contribution in [0.15, 0.2) is 41.0 Å². The molecular formula is C21H26N2O4. The molecule has 144 valence electrons. The normalized spacial score (nSPS) is 17.3. The Balaban J connectivity index is 1.71. The summed E-state index contributed by atoms with van der Waals surface area (Å²) in [5.41, 5.74) is 1.68.